The van der Waals surface area contributed by atoms with E-state index in [1.807, 2.05) is 0 Å². The Hall–Kier alpha value is -2.80. The average molecular weight is 629 g/mol. The zero-order valence-electron chi connectivity index (χ0n) is 24.7. The van der Waals surface area contributed by atoms with Crippen LogP contribution in [-0.4, -0.2) is 40.5 Å². The third-order valence-electron chi connectivity index (χ3n) is 7.93. The van der Waals surface area contributed by atoms with E-state index < -0.39 is 17.7 Å². The molecule has 2 aromatic rings. The number of rotatable bonds is 18. The number of hydrogen-bond donors (Lipinski definition) is 2. The van der Waals surface area contributed by atoms with E-state index in [0.29, 0.717) is 17.7 Å². The summed E-state index contributed by atoms with van der Waals surface area (Å²) in [5.74, 6) is -1.32. The Balaban J connectivity index is 1.59. The minimum atomic E-state index is -0.768. The molecule has 7 heteroatoms. The van der Waals surface area contributed by atoms with E-state index in [1.54, 1.807) is 41.3 Å². The second-order valence-electron chi connectivity index (χ2n) is 11.0. The van der Waals surface area contributed by atoms with Crippen molar-refractivity contribution in [3.8, 4) is 11.5 Å². The second-order valence-corrected chi connectivity index (χ2v) is 11.9. The van der Waals surface area contributed by atoms with Gasteiger partial charge in [-0.1, -0.05) is 125 Å². The molecule has 2 aromatic carbocycles. The number of aromatic hydroxyl groups is 1. The summed E-state index contributed by atoms with van der Waals surface area (Å²) >= 11 is 3.39. The molecule has 0 spiro atoms. The zero-order chi connectivity index (χ0) is 29.6. The first-order valence-electron chi connectivity index (χ1n) is 15.3. The maximum atomic E-state index is 13.3. The number of methoxy groups -OCH3 is 1. The summed E-state index contributed by atoms with van der Waals surface area (Å²) in [6.45, 7) is 2.66. The van der Waals surface area contributed by atoms with Crippen LogP contribution in [-0.2, 0) is 9.59 Å². The Kier molecular flexibility index (Phi) is 13.7. The summed E-state index contributed by atoms with van der Waals surface area (Å²) in [6.07, 6.45) is 17.3. The van der Waals surface area contributed by atoms with Crippen LogP contribution >= 0.6 is 15.9 Å². The zero-order valence-corrected chi connectivity index (χ0v) is 26.3. The van der Waals surface area contributed by atoms with Crippen molar-refractivity contribution in [3.63, 3.8) is 0 Å². The van der Waals surface area contributed by atoms with Gasteiger partial charge in [-0.3, -0.25) is 9.59 Å². The lowest BCUT2D eigenvalue weighted by Gasteiger charge is -2.26. The number of nitrogens with zero attached hydrogens (tertiary/aromatic N) is 1. The summed E-state index contributed by atoms with van der Waals surface area (Å²) in [5, 5.41) is 21.3. The van der Waals surface area contributed by atoms with E-state index in [9.17, 15) is 19.8 Å². The number of likely N-dealkylation sites (tertiary alicyclic amines) is 1. The van der Waals surface area contributed by atoms with Gasteiger partial charge < -0.3 is 19.8 Å². The molecule has 0 aromatic heterocycles. The molecule has 1 aliphatic rings. The van der Waals surface area contributed by atoms with Crippen LogP contribution in [0.1, 0.15) is 114 Å². The number of ether oxygens (including phenoxy) is 1. The molecule has 0 bridgehead atoms. The van der Waals surface area contributed by atoms with Gasteiger partial charge in [-0.25, -0.2) is 0 Å². The molecule has 1 saturated heterocycles. The third kappa shape index (κ3) is 9.35. The number of amides is 1. The smallest absolute Gasteiger partial charge is 0.295 e. The molecular formula is C34H46BrNO5. The monoisotopic (exact) mass is 627 g/mol. The van der Waals surface area contributed by atoms with Gasteiger partial charge in [0.1, 0.15) is 5.76 Å². The van der Waals surface area contributed by atoms with Crippen molar-refractivity contribution in [2.75, 3.05) is 13.7 Å². The number of carbonyl (C=O) groups excluding carboxylic acids is 2. The fourth-order valence-corrected chi connectivity index (χ4v) is 5.83. The van der Waals surface area contributed by atoms with Crippen LogP contribution in [0.5, 0.6) is 11.5 Å². The summed E-state index contributed by atoms with van der Waals surface area (Å²) in [5.41, 5.74) is 1.11. The number of benzene rings is 2. The third-order valence-corrected chi connectivity index (χ3v) is 8.46. The number of Topliss-reactive ketones (excluding diaryl/α,β-unsaturated/α-hetero) is 1. The Labute approximate surface area is 253 Å². The summed E-state index contributed by atoms with van der Waals surface area (Å²) in [6, 6.07) is 11.0. The van der Waals surface area contributed by atoms with Crippen molar-refractivity contribution in [1.29, 1.82) is 0 Å². The number of phenolic OH excluding ortho intramolecular Hbond substituents is 1. The van der Waals surface area contributed by atoms with Crippen molar-refractivity contribution < 1.29 is 24.5 Å². The van der Waals surface area contributed by atoms with Gasteiger partial charge in [0.2, 0.25) is 0 Å². The van der Waals surface area contributed by atoms with Gasteiger partial charge in [0.25, 0.3) is 11.7 Å². The number of phenols is 1. The van der Waals surface area contributed by atoms with Gasteiger partial charge >= 0.3 is 0 Å². The minimum absolute atomic E-state index is 0.0342. The van der Waals surface area contributed by atoms with Crippen LogP contribution in [0.25, 0.3) is 5.76 Å². The molecule has 1 atom stereocenters. The molecule has 1 heterocycles. The lowest BCUT2D eigenvalue weighted by atomic mass is 9.95. The summed E-state index contributed by atoms with van der Waals surface area (Å²) in [4.78, 5) is 28.0. The Morgan fingerprint density at radius 3 is 1.90 bits per heavy atom. The van der Waals surface area contributed by atoms with E-state index >= 15 is 0 Å². The van der Waals surface area contributed by atoms with Crippen LogP contribution in [0.4, 0.5) is 0 Å². The number of hydrogen-bond acceptors (Lipinski definition) is 5. The maximum absolute atomic E-state index is 13.3. The molecule has 0 saturated carbocycles. The highest BCUT2D eigenvalue weighted by molar-refractivity contribution is 9.10. The number of carbonyl (C=O) groups is 2. The van der Waals surface area contributed by atoms with E-state index in [0.717, 1.165) is 23.7 Å². The Morgan fingerprint density at radius 1 is 0.829 bits per heavy atom. The number of ketones is 1. The van der Waals surface area contributed by atoms with Crippen molar-refractivity contribution in [2.24, 2.45) is 0 Å². The van der Waals surface area contributed by atoms with Crippen LogP contribution in [0.3, 0.4) is 0 Å². The molecule has 2 N–H and O–H groups in total. The van der Waals surface area contributed by atoms with Gasteiger partial charge in [0, 0.05) is 16.6 Å². The highest BCUT2D eigenvalue weighted by atomic mass is 79.9. The molecule has 0 aliphatic carbocycles. The second kappa shape index (κ2) is 17.2. The highest BCUT2D eigenvalue weighted by Gasteiger charge is 2.46. The average Bonchev–Trinajstić information content (AvgIpc) is 3.22. The van der Waals surface area contributed by atoms with E-state index in [-0.39, 0.29) is 22.8 Å². The SMILES string of the molecule is CCCCCCCCCCCCCCCCN1C(=O)C(=O)/C(=C(/O)c2ccc(Br)cc2)[C@@H]1c1ccc(O)c(OC)c1. The standard InChI is InChI=1S/C34H46BrNO5/c1-3-4-5-6-7-8-9-10-11-12-13-14-15-16-23-36-31(26-19-22-28(37)29(24-26)41-2)30(33(39)34(36)40)32(38)25-17-20-27(35)21-18-25/h17-22,24,31,37-38H,3-16,23H2,1-2H3/b32-30+/t31-/m0/s1. The minimum Gasteiger partial charge on any atom is -0.507 e. The normalized spacial score (nSPS) is 16.5. The molecule has 1 aliphatic heterocycles. The molecule has 1 amide bonds. The first-order valence-corrected chi connectivity index (χ1v) is 16.1. The highest BCUT2D eigenvalue weighted by Crippen LogP contribution is 2.42. The van der Waals surface area contributed by atoms with Crippen LogP contribution in [0, 0.1) is 0 Å². The van der Waals surface area contributed by atoms with Gasteiger partial charge in [-0.15, -0.1) is 0 Å². The van der Waals surface area contributed by atoms with Crippen LogP contribution in [0.2, 0.25) is 0 Å². The van der Waals surface area contributed by atoms with Crippen molar-refractivity contribution in [1.82, 2.24) is 4.90 Å². The molecule has 0 unspecified atom stereocenters. The Morgan fingerprint density at radius 2 is 1.37 bits per heavy atom. The lowest BCUT2D eigenvalue weighted by molar-refractivity contribution is -0.139. The molecule has 0 radical (unpaired) electrons. The van der Waals surface area contributed by atoms with E-state index in [2.05, 4.69) is 22.9 Å². The lowest BCUT2D eigenvalue weighted by Crippen LogP contribution is -2.30. The molecule has 1 fully saturated rings. The maximum Gasteiger partial charge on any atom is 0.295 e. The van der Waals surface area contributed by atoms with Gasteiger partial charge in [-0.2, -0.15) is 0 Å². The first kappa shape index (κ1) is 32.7. The number of unbranched alkanes of at least 4 members (excludes halogenated alkanes) is 13. The summed E-state index contributed by atoms with van der Waals surface area (Å²) < 4.78 is 6.13. The number of aliphatic hydroxyl groups is 1. The largest absolute Gasteiger partial charge is 0.507 e. The number of aliphatic hydroxyl groups excluding tert-OH is 1. The molecule has 3 rings (SSSR count). The molecule has 6 nitrogen and oxygen atoms in total. The van der Waals surface area contributed by atoms with E-state index in [4.69, 9.17) is 4.74 Å². The quantitative estimate of drug-likeness (QED) is 0.0745. The molecule has 41 heavy (non-hydrogen) atoms. The number of halogens is 1. The Bertz CT molecular complexity index is 1160. The van der Waals surface area contributed by atoms with E-state index in [1.165, 1.54) is 83.8 Å². The van der Waals surface area contributed by atoms with Crippen LogP contribution < -0.4 is 4.74 Å². The summed E-state index contributed by atoms with van der Waals surface area (Å²) in [7, 11) is 1.45. The van der Waals surface area contributed by atoms with Crippen molar-refractivity contribution in [2.45, 2.75) is 103 Å². The topological polar surface area (TPSA) is 87.1 Å². The van der Waals surface area contributed by atoms with Gasteiger partial charge in [0.15, 0.2) is 11.5 Å². The van der Waals surface area contributed by atoms with Gasteiger partial charge in [0.05, 0.1) is 18.7 Å². The molecule has 224 valence electrons. The fraction of sp³-hybridized carbons (Fsp3) is 0.529. The predicted molar refractivity (Wildman–Crippen MR) is 168 cm³/mol. The van der Waals surface area contributed by atoms with Crippen LogP contribution in [0.15, 0.2) is 52.5 Å². The van der Waals surface area contributed by atoms with Crippen molar-refractivity contribution >= 4 is 33.4 Å². The van der Waals surface area contributed by atoms with Gasteiger partial charge in [-0.05, 0) is 36.2 Å². The van der Waals surface area contributed by atoms with Crippen molar-refractivity contribution in [3.05, 3.63) is 63.6 Å². The predicted octanol–water partition coefficient (Wildman–Crippen LogP) is 9.07. The molecular weight excluding hydrogens is 582 g/mol. The first-order chi connectivity index (χ1) is 19.9. The fourth-order valence-electron chi connectivity index (χ4n) is 5.56.